The lowest BCUT2D eigenvalue weighted by Gasteiger charge is -2.17. The number of sulfonamides is 1. The Bertz CT molecular complexity index is 1010. The van der Waals surface area contributed by atoms with Gasteiger partial charge in [0.1, 0.15) is 0 Å². The Morgan fingerprint density at radius 1 is 1.07 bits per heavy atom. The summed E-state index contributed by atoms with van der Waals surface area (Å²) in [5.74, 6) is -1.15. The molecule has 2 rings (SSSR count). The molecule has 0 radical (unpaired) electrons. The van der Waals surface area contributed by atoms with Gasteiger partial charge in [-0.2, -0.15) is 0 Å². The molecule has 0 aliphatic carbocycles. The number of ether oxygens (including phenoxy) is 1. The van der Waals surface area contributed by atoms with Crippen LogP contribution in [0.5, 0.6) is 0 Å². The summed E-state index contributed by atoms with van der Waals surface area (Å²) in [5.41, 5.74) is 0.845. The maximum absolute atomic E-state index is 12.5. The quantitative estimate of drug-likeness (QED) is 0.733. The zero-order valence-corrected chi connectivity index (χ0v) is 16.9. The fourth-order valence-corrected chi connectivity index (χ4v) is 3.05. The Morgan fingerprint density at radius 2 is 1.74 bits per heavy atom. The number of carbonyl (C=O) groups is 2. The van der Waals surface area contributed by atoms with E-state index < -0.39 is 21.9 Å². The first-order valence-electron chi connectivity index (χ1n) is 7.47. The van der Waals surface area contributed by atoms with Crippen molar-refractivity contribution < 1.29 is 22.7 Å². The van der Waals surface area contributed by atoms with E-state index in [0.717, 1.165) is 10.6 Å². The number of esters is 1. The summed E-state index contributed by atoms with van der Waals surface area (Å²) in [6.45, 7) is 0. The number of rotatable bonds is 5. The molecule has 7 nitrogen and oxygen atoms in total. The highest BCUT2D eigenvalue weighted by molar-refractivity contribution is 7.92. The second kappa shape index (κ2) is 8.16. The highest BCUT2D eigenvalue weighted by atomic mass is 35.5. The molecule has 0 saturated carbocycles. The normalized spacial score (nSPS) is 11.0. The molecule has 0 fully saturated rings. The molecule has 0 heterocycles. The molecule has 144 valence electrons. The minimum atomic E-state index is -3.46. The summed E-state index contributed by atoms with van der Waals surface area (Å²) >= 11 is 12.2. The van der Waals surface area contributed by atoms with Gasteiger partial charge >= 0.3 is 5.97 Å². The number of carbonyl (C=O) groups excluding carboxylic acids is 2. The van der Waals surface area contributed by atoms with E-state index in [2.05, 4.69) is 10.1 Å². The summed E-state index contributed by atoms with van der Waals surface area (Å²) in [6.07, 6.45) is 1.05. The van der Waals surface area contributed by atoms with E-state index in [-0.39, 0.29) is 26.9 Å². The molecule has 10 heteroatoms. The number of amides is 1. The molecule has 0 aliphatic rings. The SMILES string of the molecule is COC(=O)c1ccc(Cl)c(NC(=O)c2ccc(N(C)S(C)(=O)=O)cc2Cl)c1. The number of hydrogen-bond acceptors (Lipinski definition) is 5. The van der Waals surface area contributed by atoms with Gasteiger partial charge in [-0.25, -0.2) is 13.2 Å². The standard InChI is InChI=1S/C17H16Cl2N2O5S/c1-21(27(3,24)25)11-5-6-12(14(19)9-11)16(22)20-15-8-10(17(23)26-2)4-7-13(15)18/h4-9H,1-3H3,(H,20,22). The third-order valence-electron chi connectivity index (χ3n) is 3.69. The smallest absolute Gasteiger partial charge is 0.337 e. The van der Waals surface area contributed by atoms with E-state index in [0.29, 0.717) is 5.69 Å². The van der Waals surface area contributed by atoms with E-state index >= 15 is 0 Å². The predicted molar refractivity (Wildman–Crippen MR) is 105 cm³/mol. The molecule has 0 aliphatic heterocycles. The van der Waals surface area contributed by atoms with Gasteiger partial charge in [-0.05, 0) is 36.4 Å². The Morgan fingerprint density at radius 3 is 2.30 bits per heavy atom. The Labute approximate surface area is 166 Å². The lowest BCUT2D eigenvalue weighted by Crippen LogP contribution is -2.25. The predicted octanol–water partition coefficient (Wildman–Crippen LogP) is 3.43. The van der Waals surface area contributed by atoms with Crippen LogP contribution in [0.2, 0.25) is 10.0 Å². The van der Waals surface area contributed by atoms with Gasteiger partial charge < -0.3 is 10.1 Å². The summed E-state index contributed by atoms with van der Waals surface area (Å²) in [4.78, 5) is 24.1. The average molecular weight is 431 g/mol. The van der Waals surface area contributed by atoms with Crippen LogP contribution in [0.25, 0.3) is 0 Å². The van der Waals surface area contributed by atoms with Crippen molar-refractivity contribution in [3.63, 3.8) is 0 Å². The van der Waals surface area contributed by atoms with Gasteiger partial charge in [0.25, 0.3) is 5.91 Å². The summed E-state index contributed by atoms with van der Waals surface area (Å²) in [7, 11) is -0.849. The Kier molecular flexibility index (Phi) is 6.35. The third kappa shape index (κ3) is 4.91. The Balaban J connectivity index is 2.30. The number of nitrogens with one attached hydrogen (secondary N) is 1. The number of halogens is 2. The molecule has 1 amide bonds. The fraction of sp³-hybridized carbons (Fsp3) is 0.176. The molecule has 2 aromatic rings. The van der Waals surface area contributed by atoms with E-state index in [1.54, 1.807) is 0 Å². The third-order valence-corrected chi connectivity index (χ3v) is 5.54. The van der Waals surface area contributed by atoms with Gasteiger partial charge in [0, 0.05) is 7.05 Å². The Hall–Kier alpha value is -2.29. The number of anilines is 2. The van der Waals surface area contributed by atoms with Crippen LogP contribution in [0, 0.1) is 0 Å². The van der Waals surface area contributed by atoms with Crippen molar-refractivity contribution >= 4 is 56.5 Å². The van der Waals surface area contributed by atoms with E-state index in [1.807, 2.05) is 0 Å². The maximum atomic E-state index is 12.5. The molecule has 0 aromatic heterocycles. The molecule has 1 N–H and O–H groups in total. The van der Waals surface area contributed by atoms with Crippen LogP contribution < -0.4 is 9.62 Å². The summed E-state index contributed by atoms with van der Waals surface area (Å²) in [6, 6.07) is 8.51. The first-order chi connectivity index (χ1) is 12.5. The van der Waals surface area contributed by atoms with Crippen LogP contribution >= 0.6 is 23.2 Å². The molecule has 0 spiro atoms. The number of methoxy groups -OCH3 is 1. The van der Waals surface area contributed by atoms with Gasteiger partial charge in [-0.3, -0.25) is 9.10 Å². The van der Waals surface area contributed by atoms with Crippen LogP contribution in [0.1, 0.15) is 20.7 Å². The topological polar surface area (TPSA) is 92.8 Å². The second-order valence-corrected chi connectivity index (χ2v) is 8.36. The summed E-state index contributed by atoms with van der Waals surface area (Å²) in [5, 5.41) is 2.85. The molecular weight excluding hydrogens is 415 g/mol. The number of hydrogen-bond donors (Lipinski definition) is 1. The van der Waals surface area contributed by atoms with Crippen molar-refractivity contribution in [2.75, 3.05) is 30.0 Å². The van der Waals surface area contributed by atoms with E-state index in [1.165, 1.54) is 50.6 Å². The lowest BCUT2D eigenvalue weighted by molar-refractivity contribution is 0.0600. The van der Waals surface area contributed by atoms with Crippen LogP contribution in [-0.4, -0.2) is 40.7 Å². The van der Waals surface area contributed by atoms with E-state index in [4.69, 9.17) is 23.2 Å². The molecule has 0 saturated heterocycles. The van der Waals surface area contributed by atoms with Gasteiger partial charge in [0.2, 0.25) is 10.0 Å². The van der Waals surface area contributed by atoms with Crippen LogP contribution in [0.4, 0.5) is 11.4 Å². The van der Waals surface area contributed by atoms with Crippen LogP contribution in [0.3, 0.4) is 0 Å². The van der Waals surface area contributed by atoms with Crippen LogP contribution in [-0.2, 0) is 14.8 Å². The first kappa shape index (κ1) is 21.0. The summed E-state index contributed by atoms with van der Waals surface area (Å²) < 4.78 is 28.9. The van der Waals surface area contributed by atoms with Crippen molar-refractivity contribution in [3.8, 4) is 0 Å². The van der Waals surface area contributed by atoms with Crippen molar-refractivity contribution in [2.45, 2.75) is 0 Å². The molecule has 2 aromatic carbocycles. The largest absolute Gasteiger partial charge is 0.465 e. The maximum Gasteiger partial charge on any atom is 0.337 e. The number of benzene rings is 2. The van der Waals surface area contributed by atoms with Crippen molar-refractivity contribution in [1.29, 1.82) is 0 Å². The highest BCUT2D eigenvalue weighted by Crippen LogP contribution is 2.27. The molecule has 0 unspecified atom stereocenters. The zero-order valence-electron chi connectivity index (χ0n) is 14.6. The van der Waals surface area contributed by atoms with Gasteiger partial charge in [0.15, 0.2) is 0 Å². The van der Waals surface area contributed by atoms with Crippen LogP contribution in [0.15, 0.2) is 36.4 Å². The fourth-order valence-electron chi connectivity index (χ4n) is 2.13. The van der Waals surface area contributed by atoms with Crippen molar-refractivity contribution in [3.05, 3.63) is 57.6 Å². The van der Waals surface area contributed by atoms with E-state index in [9.17, 15) is 18.0 Å². The minimum Gasteiger partial charge on any atom is -0.465 e. The first-order valence-corrected chi connectivity index (χ1v) is 10.1. The number of nitrogens with zero attached hydrogens (tertiary/aromatic N) is 1. The molecule has 0 bridgehead atoms. The molecular formula is C17H16Cl2N2O5S. The molecule has 27 heavy (non-hydrogen) atoms. The van der Waals surface area contributed by atoms with Gasteiger partial charge in [-0.1, -0.05) is 23.2 Å². The minimum absolute atomic E-state index is 0.0562. The van der Waals surface area contributed by atoms with Crippen molar-refractivity contribution in [2.24, 2.45) is 0 Å². The average Bonchev–Trinajstić information content (AvgIpc) is 2.61. The monoisotopic (exact) mass is 430 g/mol. The second-order valence-electron chi connectivity index (χ2n) is 5.53. The lowest BCUT2D eigenvalue weighted by atomic mass is 10.1. The van der Waals surface area contributed by atoms with Gasteiger partial charge in [0.05, 0.1) is 45.9 Å². The van der Waals surface area contributed by atoms with Gasteiger partial charge in [-0.15, -0.1) is 0 Å². The molecule has 0 atom stereocenters. The highest BCUT2D eigenvalue weighted by Gasteiger charge is 2.18. The zero-order chi connectivity index (χ0) is 20.4. The van der Waals surface area contributed by atoms with Crippen molar-refractivity contribution in [1.82, 2.24) is 0 Å².